The summed E-state index contributed by atoms with van der Waals surface area (Å²) in [5.74, 6) is 0.896. The highest BCUT2D eigenvalue weighted by molar-refractivity contribution is 6.33. The van der Waals surface area contributed by atoms with Crippen molar-refractivity contribution in [3.05, 3.63) is 76.8 Å². The molecule has 0 aliphatic carbocycles. The number of nitrogens with zero attached hydrogens (tertiary/aromatic N) is 4. The van der Waals surface area contributed by atoms with Gasteiger partial charge in [0, 0.05) is 11.6 Å². The first-order valence-corrected chi connectivity index (χ1v) is 9.91. The molecule has 0 atom stereocenters. The molecule has 2 aromatic heterocycles. The number of aryl methyl sites for hydroxylation is 1. The van der Waals surface area contributed by atoms with Crippen LogP contribution in [0.25, 0.3) is 17.0 Å². The Bertz CT molecular complexity index is 1190. The lowest BCUT2D eigenvalue weighted by atomic mass is 10.1. The Balaban J connectivity index is 1.37. The second-order valence-electron chi connectivity index (χ2n) is 6.75. The fraction of sp³-hybridized carbons (Fsp3) is 0.182. The van der Waals surface area contributed by atoms with Gasteiger partial charge in [0.05, 0.1) is 18.0 Å². The minimum Gasteiger partial charge on any atom is -0.475 e. The number of fused-ring (bicyclic) bond motifs is 1. The Hall–Kier alpha value is -3.45. The molecule has 0 spiro atoms. The quantitative estimate of drug-likeness (QED) is 0.462. The lowest BCUT2D eigenvalue weighted by Crippen LogP contribution is -2.29. The van der Waals surface area contributed by atoms with E-state index in [9.17, 15) is 4.79 Å². The molecule has 0 bridgehead atoms. The molecule has 0 unspecified atom stereocenters. The number of rotatable bonds is 7. The Morgan fingerprint density at radius 2 is 1.87 bits per heavy atom. The van der Waals surface area contributed by atoms with E-state index < -0.39 is 0 Å². The molecular formula is C22H20ClN5O2. The fourth-order valence-corrected chi connectivity index (χ4v) is 3.27. The summed E-state index contributed by atoms with van der Waals surface area (Å²) in [6.07, 6.45) is 0.346. The van der Waals surface area contributed by atoms with Gasteiger partial charge in [0.25, 0.3) is 0 Å². The van der Waals surface area contributed by atoms with E-state index in [0.717, 1.165) is 16.7 Å². The molecule has 0 radical (unpaired) electrons. The molecule has 4 rings (SSSR count). The van der Waals surface area contributed by atoms with Crippen molar-refractivity contribution in [1.29, 1.82) is 0 Å². The average molecular weight is 422 g/mol. The molecule has 152 valence electrons. The maximum Gasteiger partial charge on any atom is 0.231 e. The van der Waals surface area contributed by atoms with E-state index in [1.54, 1.807) is 22.7 Å². The molecule has 4 aromatic rings. The third-order valence-electron chi connectivity index (χ3n) is 4.64. The van der Waals surface area contributed by atoms with Crippen LogP contribution in [0, 0.1) is 6.92 Å². The van der Waals surface area contributed by atoms with Crippen molar-refractivity contribution in [3.8, 4) is 17.3 Å². The van der Waals surface area contributed by atoms with Crippen molar-refractivity contribution in [2.45, 2.75) is 13.3 Å². The van der Waals surface area contributed by atoms with Gasteiger partial charge >= 0.3 is 0 Å². The zero-order valence-electron chi connectivity index (χ0n) is 16.4. The van der Waals surface area contributed by atoms with Gasteiger partial charge in [-0.05, 0) is 36.2 Å². The summed E-state index contributed by atoms with van der Waals surface area (Å²) in [7, 11) is 0. The van der Waals surface area contributed by atoms with Crippen LogP contribution >= 0.6 is 11.6 Å². The number of amides is 1. The molecule has 0 aliphatic rings. The minimum atomic E-state index is -0.0453. The molecule has 1 N–H and O–H groups in total. The molecule has 30 heavy (non-hydrogen) atoms. The highest BCUT2D eigenvalue weighted by Crippen LogP contribution is 2.26. The zero-order chi connectivity index (χ0) is 20.9. The number of ether oxygens (including phenoxy) is 1. The van der Waals surface area contributed by atoms with E-state index in [4.69, 9.17) is 16.3 Å². The van der Waals surface area contributed by atoms with Crippen LogP contribution in [0.15, 0.2) is 60.7 Å². The number of carbonyl (C=O) groups excluding carboxylic acids is 1. The number of aromatic nitrogens is 4. The second kappa shape index (κ2) is 8.92. The predicted octanol–water partition coefficient (Wildman–Crippen LogP) is 3.49. The second-order valence-corrected chi connectivity index (χ2v) is 7.15. The third kappa shape index (κ3) is 4.41. The van der Waals surface area contributed by atoms with E-state index in [0.29, 0.717) is 41.9 Å². The van der Waals surface area contributed by atoms with E-state index in [1.807, 2.05) is 49.4 Å². The molecule has 8 heteroatoms. The maximum atomic E-state index is 12.1. The summed E-state index contributed by atoms with van der Waals surface area (Å²) in [4.78, 5) is 12.1. The van der Waals surface area contributed by atoms with Gasteiger partial charge in [0.15, 0.2) is 11.5 Å². The lowest BCUT2D eigenvalue weighted by molar-refractivity contribution is -0.120. The Morgan fingerprint density at radius 1 is 1.07 bits per heavy atom. The van der Waals surface area contributed by atoms with Gasteiger partial charge in [-0.3, -0.25) is 4.79 Å². The topological polar surface area (TPSA) is 81.4 Å². The van der Waals surface area contributed by atoms with E-state index >= 15 is 0 Å². The Kier molecular flexibility index (Phi) is 5.90. The predicted molar refractivity (Wildman–Crippen MR) is 115 cm³/mol. The van der Waals surface area contributed by atoms with Crippen LogP contribution in [0.3, 0.4) is 0 Å². The van der Waals surface area contributed by atoms with Crippen molar-refractivity contribution in [2.24, 2.45) is 0 Å². The first-order valence-electron chi connectivity index (χ1n) is 9.53. The minimum absolute atomic E-state index is 0.0453. The zero-order valence-corrected chi connectivity index (χ0v) is 17.1. The molecule has 0 fully saturated rings. The summed E-state index contributed by atoms with van der Waals surface area (Å²) in [5.41, 5.74) is 3.44. The van der Waals surface area contributed by atoms with Gasteiger partial charge in [-0.25, -0.2) is 0 Å². The number of nitrogens with one attached hydrogen (secondary N) is 1. The lowest BCUT2D eigenvalue weighted by Gasteiger charge is -2.09. The van der Waals surface area contributed by atoms with Gasteiger partial charge in [-0.1, -0.05) is 48.0 Å². The Labute approximate surface area is 178 Å². The third-order valence-corrected chi connectivity index (χ3v) is 4.97. The summed E-state index contributed by atoms with van der Waals surface area (Å²) >= 11 is 6.28. The van der Waals surface area contributed by atoms with Crippen LogP contribution < -0.4 is 10.1 Å². The van der Waals surface area contributed by atoms with Crippen molar-refractivity contribution < 1.29 is 9.53 Å². The summed E-state index contributed by atoms with van der Waals surface area (Å²) in [6, 6.07) is 18.7. The molecule has 2 heterocycles. The van der Waals surface area contributed by atoms with E-state index in [2.05, 4.69) is 20.6 Å². The molecule has 2 aromatic carbocycles. The van der Waals surface area contributed by atoms with Gasteiger partial charge in [0.2, 0.25) is 11.8 Å². The normalized spacial score (nSPS) is 10.9. The van der Waals surface area contributed by atoms with Gasteiger partial charge < -0.3 is 10.1 Å². The van der Waals surface area contributed by atoms with Crippen molar-refractivity contribution in [2.75, 3.05) is 13.2 Å². The number of carbonyl (C=O) groups is 1. The molecular weight excluding hydrogens is 402 g/mol. The first kappa shape index (κ1) is 19.8. The van der Waals surface area contributed by atoms with Gasteiger partial charge in [0.1, 0.15) is 6.61 Å². The van der Waals surface area contributed by atoms with E-state index in [-0.39, 0.29) is 5.91 Å². The number of benzene rings is 2. The number of hydrogen-bond donors (Lipinski definition) is 1. The Morgan fingerprint density at radius 3 is 2.70 bits per heavy atom. The summed E-state index contributed by atoms with van der Waals surface area (Å²) in [5, 5.41) is 16.2. The van der Waals surface area contributed by atoms with E-state index in [1.165, 1.54) is 0 Å². The average Bonchev–Trinajstić information content (AvgIpc) is 3.16. The summed E-state index contributed by atoms with van der Waals surface area (Å²) in [6.45, 7) is 2.67. The highest BCUT2D eigenvalue weighted by Gasteiger charge is 2.13. The first-order chi connectivity index (χ1) is 14.6. The van der Waals surface area contributed by atoms with Crippen LogP contribution in [-0.2, 0) is 11.2 Å². The van der Waals surface area contributed by atoms with Gasteiger partial charge in [-0.15, -0.1) is 15.3 Å². The van der Waals surface area contributed by atoms with Crippen LogP contribution in [-0.4, -0.2) is 38.9 Å². The largest absolute Gasteiger partial charge is 0.475 e. The molecule has 0 saturated carbocycles. The van der Waals surface area contributed by atoms with Crippen LogP contribution in [0.1, 0.15) is 11.1 Å². The van der Waals surface area contributed by atoms with Crippen molar-refractivity contribution in [3.63, 3.8) is 0 Å². The summed E-state index contributed by atoms with van der Waals surface area (Å²) < 4.78 is 7.28. The van der Waals surface area contributed by atoms with Crippen LogP contribution in [0.4, 0.5) is 0 Å². The van der Waals surface area contributed by atoms with Crippen molar-refractivity contribution >= 4 is 23.2 Å². The number of hydrogen-bond acceptors (Lipinski definition) is 5. The monoisotopic (exact) mass is 421 g/mol. The van der Waals surface area contributed by atoms with Crippen molar-refractivity contribution in [1.82, 2.24) is 25.1 Å². The standard InChI is InChI=1S/C22H20ClN5O2/c1-15-6-2-3-7-16(15)14-20(29)24-12-13-30-21-11-10-19-25-26-22(28(19)27-21)17-8-4-5-9-18(17)23/h2-11H,12-14H2,1H3,(H,24,29). The molecule has 7 nitrogen and oxygen atoms in total. The number of halogens is 1. The smallest absolute Gasteiger partial charge is 0.231 e. The SMILES string of the molecule is Cc1ccccc1CC(=O)NCCOc1ccc2nnc(-c3ccccc3Cl)n2n1. The highest BCUT2D eigenvalue weighted by atomic mass is 35.5. The molecule has 0 saturated heterocycles. The molecule has 0 aliphatic heterocycles. The van der Waals surface area contributed by atoms with Gasteiger partial charge in [-0.2, -0.15) is 4.52 Å². The van der Waals surface area contributed by atoms with Crippen LogP contribution in [0.2, 0.25) is 5.02 Å². The fourth-order valence-electron chi connectivity index (χ4n) is 3.05. The van der Waals surface area contributed by atoms with Crippen LogP contribution in [0.5, 0.6) is 5.88 Å². The maximum absolute atomic E-state index is 12.1. The molecule has 1 amide bonds.